The predicted octanol–water partition coefficient (Wildman–Crippen LogP) is 4.62. The molecule has 4 heteroatoms. The maximum atomic E-state index is 6.25. The van der Waals surface area contributed by atoms with Crippen LogP contribution in [0.15, 0.2) is 24.4 Å². The smallest absolute Gasteiger partial charge is 0.102 e. The summed E-state index contributed by atoms with van der Waals surface area (Å²) >= 11 is 12.5. The lowest BCUT2D eigenvalue weighted by molar-refractivity contribution is 0.808. The Kier molecular flexibility index (Phi) is 3.08. The van der Waals surface area contributed by atoms with E-state index in [1.165, 1.54) is 24.1 Å². The van der Waals surface area contributed by atoms with Gasteiger partial charge in [0, 0.05) is 5.69 Å². The van der Waals surface area contributed by atoms with E-state index in [1.807, 2.05) is 29.1 Å². The number of benzene rings is 1. The Hall–Kier alpha value is -0.990. The van der Waals surface area contributed by atoms with E-state index < -0.39 is 0 Å². The Morgan fingerprint density at radius 2 is 1.94 bits per heavy atom. The molecule has 0 saturated heterocycles. The molecular weight excluding hydrogens is 267 g/mol. The van der Waals surface area contributed by atoms with Gasteiger partial charge in [0.05, 0.1) is 16.2 Å². The maximum absolute atomic E-state index is 6.25. The Morgan fingerprint density at radius 3 is 2.50 bits per heavy atom. The van der Waals surface area contributed by atoms with Crippen LogP contribution >= 0.6 is 23.2 Å². The minimum atomic E-state index is 0.641. The summed E-state index contributed by atoms with van der Waals surface area (Å²) in [6.45, 7) is 2.14. The molecule has 0 bridgehead atoms. The van der Waals surface area contributed by atoms with Crippen LogP contribution in [0.25, 0.3) is 5.69 Å². The fourth-order valence-corrected chi connectivity index (χ4v) is 2.92. The average Bonchev–Trinajstić information content (AvgIpc) is 3.10. The van der Waals surface area contributed by atoms with E-state index in [4.69, 9.17) is 23.2 Å². The predicted molar refractivity (Wildman–Crippen MR) is 74.9 cm³/mol. The van der Waals surface area contributed by atoms with Gasteiger partial charge in [-0.3, -0.25) is 0 Å². The van der Waals surface area contributed by atoms with Gasteiger partial charge >= 0.3 is 0 Å². The van der Waals surface area contributed by atoms with Gasteiger partial charge in [-0.2, -0.15) is 5.10 Å². The normalized spacial score (nSPS) is 15.1. The second-order valence-electron chi connectivity index (χ2n) is 4.66. The molecule has 0 N–H and O–H groups in total. The molecule has 0 aliphatic heterocycles. The monoisotopic (exact) mass is 280 g/mol. The maximum Gasteiger partial charge on any atom is 0.102 e. The molecule has 2 aromatic rings. The van der Waals surface area contributed by atoms with E-state index in [9.17, 15) is 0 Å². The number of hydrogen-bond donors (Lipinski definition) is 0. The Bertz CT molecular complexity index is 565. The molecule has 1 heterocycles. The van der Waals surface area contributed by atoms with Gasteiger partial charge in [-0.15, -0.1) is 0 Å². The lowest BCUT2D eigenvalue weighted by atomic mass is 10.1. The Morgan fingerprint density at radius 1 is 1.28 bits per heavy atom. The number of aromatic nitrogens is 2. The van der Waals surface area contributed by atoms with Crippen LogP contribution in [0.4, 0.5) is 0 Å². The van der Waals surface area contributed by atoms with Crippen LogP contribution in [-0.2, 0) is 6.42 Å². The number of para-hydroxylation sites is 1. The van der Waals surface area contributed by atoms with Crippen molar-refractivity contribution < 1.29 is 0 Å². The van der Waals surface area contributed by atoms with Crippen LogP contribution in [0.3, 0.4) is 0 Å². The molecule has 1 aliphatic carbocycles. The average molecular weight is 281 g/mol. The zero-order chi connectivity index (χ0) is 12.7. The molecule has 1 saturated carbocycles. The summed E-state index contributed by atoms with van der Waals surface area (Å²) in [5, 5.41) is 5.77. The van der Waals surface area contributed by atoms with Crippen molar-refractivity contribution in [3.8, 4) is 5.69 Å². The van der Waals surface area contributed by atoms with E-state index >= 15 is 0 Å². The largest absolute Gasteiger partial charge is 0.234 e. The lowest BCUT2D eigenvalue weighted by Gasteiger charge is -2.11. The minimum absolute atomic E-state index is 0.641. The highest BCUT2D eigenvalue weighted by molar-refractivity contribution is 6.37. The van der Waals surface area contributed by atoms with Crippen LogP contribution in [0, 0.1) is 0 Å². The van der Waals surface area contributed by atoms with E-state index in [1.54, 1.807) is 0 Å². The molecule has 0 amide bonds. The summed E-state index contributed by atoms with van der Waals surface area (Å²) in [4.78, 5) is 0. The number of halogens is 2. The molecule has 94 valence electrons. The van der Waals surface area contributed by atoms with Gasteiger partial charge in [0.15, 0.2) is 0 Å². The SMILES string of the molecule is CCc1c(C2CC2)cnn1-c1c(Cl)cccc1Cl. The first-order valence-corrected chi connectivity index (χ1v) is 6.99. The van der Waals surface area contributed by atoms with Crippen molar-refractivity contribution in [3.05, 3.63) is 45.7 Å². The number of rotatable bonds is 3. The van der Waals surface area contributed by atoms with E-state index in [0.717, 1.165) is 12.1 Å². The van der Waals surface area contributed by atoms with Crippen molar-refractivity contribution >= 4 is 23.2 Å². The van der Waals surface area contributed by atoms with Gasteiger partial charge in [0.2, 0.25) is 0 Å². The topological polar surface area (TPSA) is 17.8 Å². The molecule has 3 rings (SSSR count). The molecule has 1 aliphatic rings. The van der Waals surface area contributed by atoms with Crippen LogP contribution in [0.2, 0.25) is 10.0 Å². The van der Waals surface area contributed by atoms with Crippen LogP contribution in [0.5, 0.6) is 0 Å². The minimum Gasteiger partial charge on any atom is -0.234 e. The van der Waals surface area contributed by atoms with Gasteiger partial charge in [-0.05, 0) is 42.9 Å². The molecule has 2 nitrogen and oxygen atoms in total. The number of hydrogen-bond acceptors (Lipinski definition) is 1. The second-order valence-corrected chi connectivity index (χ2v) is 5.47. The first-order chi connectivity index (χ1) is 8.72. The van der Waals surface area contributed by atoms with Crippen molar-refractivity contribution in [1.29, 1.82) is 0 Å². The highest BCUT2D eigenvalue weighted by Gasteiger charge is 2.28. The third-order valence-corrected chi connectivity index (χ3v) is 4.01. The standard InChI is InChI=1S/C14H14Cl2N2/c1-2-13-10(9-6-7-9)8-17-18(13)14-11(15)4-3-5-12(14)16/h3-5,8-9H,2,6-7H2,1H3. The van der Waals surface area contributed by atoms with Gasteiger partial charge in [0.25, 0.3) is 0 Å². The van der Waals surface area contributed by atoms with E-state index in [0.29, 0.717) is 16.0 Å². The highest BCUT2D eigenvalue weighted by atomic mass is 35.5. The number of nitrogens with zero attached hydrogens (tertiary/aromatic N) is 2. The summed E-state index contributed by atoms with van der Waals surface area (Å²) in [5.74, 6) is 0.690. The third kappa shape index (κ3) is 1.94. The van der Waals surface area contributed by atoms with Crippen molar-refractivity contribution in [2.45, 2.75) is 32.1 Å². The summed E-state index contributed by atoms with van der Waals surface area (Å²) in [6.07, 6.45) is 5.45. The summed E-state index contributed by atoms with van der Waals surface area (Å²) in [5.41, 5.74) is 3.38. The first kappa shape index (κ1) is 12.1. The van der Waals surface area contributed by atoms with Crippen LogP contribution in [-0.4, -0.2) is 9.78 Å². The van der Waals surface area contributed by atoms with Gasteiger partial charge in [0.1, 0.15) is 5.69 Å². The third-order valence-electron chi connectivity index (χ3n) is 3.40. The van der Waals surface area contributed by atoms with E-state index in [2.05, 4.69) is 12.0 Å². The lowest BCUT2D eigenvalue weighted by Crippen LogP contribution is -2.04. The van der Waals surface area contributed by atoms with Crippen molar-refractivity contribution in [2.24, 2.45) is 0 Å². The molecule has 1 fully saturated rings. The summed E-state index contributed by atoms with van der Waals surface area (Å²) in [6, 6.07) is 5.55. The van der Waals surface area contributed by atoms with Crippen molar-refractivity contribution in [3.63, 3.8) is 0 Å². The molecular formula is C14H14Cl2N2. The highest BCUT2D eigenvalue weighted by Crippen LogP contribution is 2.42. The molecule has 18 heavy (non-hydrogen) atoms. The van der Waals surface area contributed by atoms with Crippen molar-refractivity contribution in [2.75, 3.05) is 0 Å². The molecule has 0 radical (unpaired) electrons. The molecule has 1 aromatic carbocycles. The molecule has 1 aromatic heterocycles. The van der Waals surface area contributed by atoms with Crippen molar-refractivity contribution in [1.82, 2.24) is 9.78 Å². The summed E-state index contributed by atoms with van der Waals surface area (Å²) < 4.78 is 1.90. The zero-order valence-electron chi connectivity index (χ0n) is 10.2. The van der Waals surface area contributed by atoms with E-state index in [-0.39, 0.29) is 0 Å². The molecule has 0 unspecified atom stereocenters. The fourth-order valence-electron chi connectivity index (χ4n) is 2.36. The summed E-state index contributed by atoms with van der Waals surface area (Å²) in [7, 11) is 0. The van der Waals surface area contributed by atoms with Crippen LogP contribution in [0.1, 0.15) is 36.9 Å². The Balaban J connectivity index is 2.16. The van der Waals surface area contributed by atoms with Gasteiger partial charge in [-0.25, -0.2) is 4.68 Å². The van der Waals surface area contributed by atoms with Crippen LogP contribution < -0.4 is 0 Å². The Labute approximate surface area is 117 Å². The zero-order valence-corrected chi connectivity index (χ0v) is 11.7. The fraction of sp³-hybridized carbons (Fsp3) is 0.357. The molecule has 0 spiro atoms. The quantitative estimate of drug-likeness (QED) is 0.802. The van der Waals surface area contributed by atoms with Gasteiger partial charge in [-0.1, -0.05) is 36.2 Å². The second kappa shape index (κ2) is 4.60. The van der Waals surface area contributed by atoms with Gasteiger partial charge < -0.3 is 0 Å². The first-order valence-electron chi connectivity index (χ1n) is 6.23. The molecule has 0 atom stereocenters.